The van der Waals surface area contributed by atoms with Gasteiger partial charge in [0.15, 0.2) is 0 Å². The second kappa shape index (κ2) is 10.2. The number of ether oxygens (including phenoxy) is 1. The highest BCUT2D eigenvalue weighted by atomic mass is 35.5. The topological polar surface area (TPSA) is 132 Å². The van der Waals surface area contributed by atoms with Crippen molar-refractivity contribution in [3.63, 3.8) is 0 Å². The molecule has 2 atom stereocenters. The summed E-state index contributed by atoms with van der Waals surface area (Å²) in [6, 6.07) is 7.30. The molecule has 0 saturated carbocycles. The number of tetrazole rings is 1. The number of hydrogen-bond donors (Lipinski definition) is 1. The maximum Gasteiger partial charge on any atom is 0.352 e. The SMILES string of the molecule is COn1nnnc1SCC1=C(C(=O)O)N2C(=O)[C@](N=CC=Cc3ccccc3Cl)(OC)[C@@H]2SC1. The lowest BCUT2D eigenvalue weighted by molar-refractivity contribution is -0.182. The number of amides is 1. The van der Waals surface area contributed by atoms with Gasteiger partial charge < -0.3 is 14.7 Å². The van der Waals surface area contributed by atoms with E-state index in [1.165, 1.54) is 48.9 Å². The number of aliphatic imine (C=N–C) groups is 1. The van der Waals surface area contributed by atoms with Crippen molar-refractivity contribution < 1.29 is 24.3 Å². The minimum Gasteiger partial charge on any atom is -0.477 e. The number of rotatable bonds is 9. The van der Waals surface area contributed by atoms with E-state index in [0.717, 1.165) is 10.4 Å². The van der Waals surface area contributed by atoms with E-state index in [2.05, 4.69) is 20.5 Å². The van der Waals surface area contributed by atoms with Crippen molar-refractivity contribution in [2.24, 2.45) is 4.99 Å². The third-order valence-electron chi connectivity index (χ3n) is 5.10. The summed E-state index contributed by atoms with van der Waals surface area (Å²) < 4.78 is 5.51. The summed E-state index contributed by atoms with van der Waals surface area (Å²) in [5.41, 5.74) is -0.222. The van der Waals surface area contributed by atoms with Crippen molar-refractivity contribution in [1.29, 1.82) is 0 Å². The predicted molar refractivity (Wildman–Crippen MR) is 128 cm³/mol. The van der Waals surface area contributed by atoms with Gasteiger partial charge in [-0.05, 0) is 33.7 Å². The average Bonchev–Trinajstić information content (AvgIpc) is 3.30. The first-order chi connectivity index (χ1) is 16.4. The van der Waals surface area contributed by atoms with Crippen molar-refractivity contribution in [2.75, 3.05) is 25.7 Å². The first-order valence-corrected chi connectivity index (χ1v) is 12.2. The number of aromatic nitrogens is 4. The van der Waals surface area contributed by atoms with Gasteiger partial charge in [0.25, 0.3) is 11.6 Å². The third kappa shape index (κ3) is 4.31. The molecule has 4 rings (SSSR count). The van der Waals surface area contributed by atoms with Crippen LogP contribution in [0.3, 0.4) is 0 Å². The van der Waals surface area contributed by atoms with Gasteiger partial charge in [0.2, 0.25) is 5.16 Å². The van der Waals surface area contributed by atoms with Crippen LogP contribution < -0.4 is 4.84 Å². The zero-order chi connectivity index (χ0) is 24.3. The van der Waals surface area contributed by atoms with E-state index < -0.39 is 23.0 Å². The number of β-lactam (4-membered cyclic amide) rings is 1. The summed E-state index contributed by atoms with van der Waals surface area (Å²) in [5.74, 6) is -1.11. The smallest absolute Gasteiger partial charge is 0.352 e. The second-order valence-corrected chi connectivity index (χ2v) is 9.38. The van der Waals surface area contributed by atoms with Crippen LogP contribution in [0, 0.1) is 0 Å². The van der Waals surface area contributed by atoms with Gasteiger partial charge in [-0.15, -0.1) is 11.8 Å². The standard InChI is InChI=1S/C20H19ClN6O5S2/c1-31-20(22-9-5-7-12-6-3-4-8-14(12)21)17(30)26-15(16(28)29)13(10-33-18(20)26)11-34-19-23-24-25-27(19)32-2/h3-9,18H,10-11H2,1-2H3,(H,28,29)/t18-,20-/m0/s1. The van der Waals surface area contributed by atoms with Crippen LogP contribution in [0.2, 0.25) is 5.02 Å². The summed E-state index contributed by atoms with van der Waals surface area (Å²) in [6.45, 7) is 0. The Morgan fingerprint density at radius 3 is 2.94 bits per heavy atom. The van der Waals surface area contributed by atoms with Crippen LogP contribution in [-0.4, -0.2) is 85.3 Å². The molecule has 0 radical (unpaired) electrons. The Morgan fingerprint density at radius 1 is 1.44 bits per heavy atom. The van der Waals surface area contributed by atoms with E-state index in [0.29, 0.717) is 21.5 Å². The molecule has 14 heteroatoms. The molecule has 11 nitrogen and oxygen atoms in total. The number of allylic oxidation sites excluding steroid dienone is 1. The second-order valence-electron chi connectivity index (χ2n) is 6.96. The fourth-order valence-corrected chi connectivity index (χ4v) is 6.09. The minimum absolute atomic E-state index is 0.0767. The highest BCUT2D eigenvalue weighted by molar-refractivity contribution is 8.01. The molecular weight excluding hydrogens is 504 g/mol. The fraction of sp³-hybridized carbons (Fsp3) is 0.300. The van der Waals surface area contributed by atoms with Crippen molar-refractivity contribution in [1.82, 2.24) is 25.3 Å². The third-order valence-corrected chi connectivity index (χ3v) is 7.79. The van der Waals surface area contributed by atoms with E-state index in [1.807, 2.05) is 18.2 Å². The molecule has 0 unspecified atom stereocenters. The van der Waals surface area contributed by atoms with E-state index in [4.69, 9.17) is 21.2 Å². The zero-order valence-electron chi connectivity index (χ0n) is 18.0. The largest absolute Gasteiger partial charge is 0.477 e. The molecule has 0 bridgehead atoms. The quantitative estimate of drug-likeness (QED) is 0.295. The van der Waals surface area contributed by atoms with Crippen LogP contribution >= 0.6 is 35.1 Å². The summed E-state index contributed by atoms with van der Waals surface area (Å²) in [7, 11) is 2.79. The first-order valence-electron chi connectivity index (χ1n) is 9.80. The number of carboxylic acids is 1. The van der Waals surface area contributed by atoms with Crippen molar-refractivity contribution in [3.05, 3.63) is 52.2 Å². The van der Waals surface area contributed by atoms with Crippen molar-refractivity contribution >= 4 is 59.3 Å². The number of carbonyl (C=O) groups is 2. The molecule has 3 heterocycles. The molecule has 1 aromatic carbocycles. The monoisotopic (exact) mass is 522 g/mol. The summed E-state index contributed by atoms with van der Waals surface area (Å²) in [6.07, 6.45) is 4.87. The average molecular weight is 523 g/mol. The molecule has 178 valence electrons. The summed E-state index contributed by atoms with van der Waals surface area (Å²) >= 11 is 8.72. The zero-order valence-corrected chi connectivity index (χ0v) is 20.4. The number of aliphatic carboxylic acids is 1. The lowest BCUT2D eigenvalue weighted by atomic mass is 9.99. The van der Waals surface area contributed by atoms with Crippen molar-refractivity contribution in [3.8, 4) is 0 Å². The summed E-state index contributed by atoms with van der Waals surface area (Å²) in [5, 5.41) is 21.2. The maximum atomic E-state index is 13.1. The van der Waals surface area contributed by atoms with Crippen LogP contribution in [0.1, 0.15) is 5.56 Å². The Labute approximate surface area is 207 Å². The molecule has 0 spiro atoms. The maximum absolute atomic E-state index is 13.1. The van der Waals surface area contributed by atoms with Crippen LogP contribution in [0.4, 0.5) is 0 Å². The number of thioether (sulfide) groups is 2. The molecule has 1 saturated heterocycles. The fourth-order valence-electron chi connectivity index (χ4n) is 3.47. The molecule has 1 N–H and O–H groups in total. The van der Waals surface area contributed by atoms with Crippen LogP contribution in [0.15, 0.2) is 51.8 Å². The first kappa shape index (κ1) is 24.3. The highest BCUT2D eigenvalue weighted by Gasteiger charge is 2.65. The number of methoxy groups -OCH3 is 1. The highest BCUT2D eigenvalue weighted by Crippen LogP contribution is 2.49. The molecular formula is C20H19ClN6O5S2. The normalized spacial score (nSPS) is 22.4. The Bertz CT molecular complexity index is 1200. The number of hydrogen-bond acceptors (Lipinski definition) is 10. The molecule has 1 fully saturated rings. The predicted octanol–water partition coefficient (Wildman–Crippen LogP) is 1.86. The lowest BCUT2D eigenvalue weighted by Gasteiger charge is -2.53. The van der Waals surface area contributed by atoms with Crippen molar-refractivity contribution in [2.45, 2.75) is 16.3 Å². The van der Waals surface area contributed by atoms with Gasteiger partial charge >= 0.3 is 5.97 Å². The van der Waals surface area contributed by atoms with Gasteiger partial charge in [0, 0.05) is 29.9 Å². The lowest BCUT2D eigenvalue weighted by Crippen LogP contribution is -2.73. The van der Waals surface area contributed by atoms with E-state index in [9.17, 15) is 14.7 Å². The number of carbonyl (C=O) groups excluding carboxylic acids is 1. The molecule has 2 aliphatic rings. The van der Waals surface area contributed by atoms with Gasteiger partial charge in [-0.2, -0.15) is 0 Å². The minimum atomic E-state index is -1.50. The Balaban J connectivity index is 1.53. The Hall–Kier alpha value is -2.87. The Kier molecular flexibility index (Phi) is 7.26. The number of fused-ring (bicyclic) bond motifs is 1. The van der Waals surface area contributed by atoms with Crippen LogP contribution in [-0.2, 0) is 14.3 Å². The number of nitrogens with zero attached hydrogens (tertiary/aromatic N) is 6. The van der Waals surface area contributed by atoms with Gasteiger partial charge in [0.05, 0.1) is 0 Å². The summed E-state index contributed by atoms with van der Waals surface area (Å²) in [4.78, 5) is 36.9. The van der Waals surface area contributed by atoms with Crippen LogP contribution in [0.5, 0.6) is 0 Å². The molecule has 34 heavy (non-hydrogen) atoms. The van der Waals surface area contributed by atoms with E-state index in [1.54, 1.807) is 18.2 Å². The van der Waals surface area contributed by atoms with E-state index in [-0.39, 0.29) is 11.4 Å². The molecule has 2 aromatic rings. The van der Waals surface area contributed by atoms with Gasteiger partial charge in [0.1, 0.15) is 18.2 Å². The number of benzene rings is 1. The molecule has 0 aliphatic carbocycles. The van der Waals surface area contributed by atoms with E-state index >= 15 is 0 Å². The molecule has 2 aliphatic heterocycles. The van der Waals surface area contributed by atoms with Gasteiger partial charge in [-0.25, -0.2) is 9.79 Å². The Morgan fingerprint density at radius 2 is 2.24 bits per heavy atom. The number of carboxylic acid groups (broad SMARTS) is 1. The van der Waals surface area contributed by atoms with Crippen LogP contribution in [0.25, 0.3) is 6.08 Å². The molecule has 1 amide bonds. The van der Waals surface area contributed by atoms with Gasteiger partial charge in [-0.1, -0.05) is 57.6 Å². The molecule has 1 aromatic heterocycles. The number of halogens is 1. The van der Waals surface area contributed by atoms with Gasteiger partial charge in [-0.3, -0.25) is 9.69 Å².